The summed E-state index contributed by atoms with van der Waals surface area (Å²) in [5.41, 5.74) is 2.10. The fourth-order valence-electron chi connectivity index (χ4n) is 2.40. The maximum absolute atomic E-state index is 13.9. The molecule has 5 nitrogen and oxygen atoms in total. The zero-order valence-corrected chi connectivity index (χ0v) is 14.1. The highest BCUT2D eigenvalue weighted by Gasteiger charge is 2.18. The Bertz CT molecular complexity index is 1060. The fraction of sp³-hybridized carbons (Fsp3) is 0.0556. The Balaban J connectivity index is 1.81. The first-order valence-electron chi connectivity index (χ1n) is 7.44. The van der Waals surface area contributed by atoms with Crippen LogP contribution >= 0.6 is 0 Å². The van der Waals surface area contributed by atoms with Crippen molar-refractivity contribution in [3.63, 3.8) is 0 Å². The van der Waals surface area contributed by atoms with E-state index in [0.29, 0.717) is 5.56 Å². The molecule has 3 aromatic carbocycles. The monoisotopic (exact) mass is 358 g/mol. The third kappa shape index (κ3) is 3.52. The summed E-state index contributed by atoms with van der Waals surface area (Å²) in [6.07, 6.45) is 0. The highest BCUT2D eigenvalue weighted by molar-refractivity contribution is 7.89. The first kappa shape index (κ1) is 17.1. The predicted molar refractivity (Wildman–Crippen MR) is 92.9 cm³/mol. The van der Waals surface area contributed by atoms with Gasteiger partial charge in [0.2, 0.25) is 0 Å². The molecule has 0 radical (unpaired) electrons. The van der Waals surface area contributed by atoms with Gasteiger partial charge >= 0.3 is 0 Å². The molecule has 2 N–H and O–H groups in total. The fourth-order valence-corrected chi connectivity index (χ4v) is 3.27. The van der Waals surface area contributed by atoms with E-state index in [4.69, 9.17) is 0 Å². The number of aryl methyl sites for hydroxylation is 1. The number of benzene rings is 3. The zero-order chi connectivity index (χ0) is 18.0. The standard InChI is InChI=1S/C18H15FN2O3S/c1-12-5-4-8-16(17(12)19)18(22)20-21-25(23,24)15-10-9-13-6-2-3-7-14(13)11-15/h2-11,21H,1H3,(H,20,22). The van der Waals surface area contributed by atoms with Crippen molar-refractivity contribution in [2.45, 2.75) is 11.8 Å². The Morgan fingerprint density at radius 2 is 1.68 bits per heavy atom. The van der Waals surface area contributed by atoms with Gasteiger partial charge in [-0.1, -0.05) is 42.5 Å². The second kappa shape index (κ2) is 6.62. The summed E-state index contributed by atoms with van der Waals surface area (Å²) in [5.74, 6) is -1.56. The molecule has 1 amide bonds. The third-order valence-corrected chi connectivity index (χ3v) is 5.01. The number of sulfonamides is 1. The van der Waals surface area contributed by atoms with Crippen molar-refractivity contribution >= 4 is 26.7 Å². The van der Waals surface area contributed by atoms with Crippen molar-refractivity contribution in [2.75, 3.05) is 0 Å². The highest BCUT2D eigenvalue weighted by atomic mass is 32.2. The molecular formula is C18H15FN2O3S. The predicted octanol–water partition coefficient (Wildman–Crippen LogP) is 2.91. The molecule has 128 valence electrons. The molecule has 0 aliphatic heterocycles. The smallest absolute Gasteiger partial charge is 0.269 e. The minimum Gasteiger partial charge on any atom is -0.273 e. The highest BCUT2D eigenvalue weighted by Crippen LogP contribution is 2.18. The van der Waals surface area contributed by atoms with E-state index in [0.717, 1.165) is 10.8 Å². The Morgan fingerprint density at radius 1 is 0.960 bits per heavy atom. The number of amides is 1. The summed E-state index contributed by atoms with van der Waals surface area (Å²) in [7, 11) is -3.98. The van der Waals surface area contributed by atoms with Crippen LogP contribution in [0.15, 0.2) is 65.6 Å². The summed E-state index contributed by atoms with van der Waals surface area (Å²) in [4.78, 5) is 14.0. The average Bonchev–Trinajstić information content (AvgIpc) is 2.61. The lowest BCUT2D eigenvalue weighted by molar-refractivity contribution is 0.0941. The number of fused-ring (bicyclic) bond motifs is 1. The molecule has 0 atom stereocenters. The SMILES string of the molecule is Cc1cccc(C(=O)NNS(=O)(=O)c2ccc3ccccc3c2)c1F. The Morgan fingerprint density at radius 3 is 2.44 bits per heavy atom. The van der Waals surface area contributed by atoms with Gasteiger partial charge in [-0.05, 0) is 41.5 Å². The van der Waals surface area contributed by atoms with Crippen LogP contribution in [0.3, 0.4) is 0 Å². The number of hydrazine groups is 1. The molecular weight excluding hydrogens is 343 g/mol. The minimum absolute atomic E-state index is 0.00351. The molecule has 0 saturated carbocycles. The molecule has 0 bridgehead atoms. The molecule has 0 unspecified atom stereocenters. The summed E-state index contributed by atoms with van der Waals surface area (Å²) >= 11 is 0. The van der Waals surface area contributed by atoms with E-state index in [9.17, 15) is 17.6 Å². The molecule has 0 saturated heterocycles. The number of carbonyl (C=O) groups excluding carboxylic acids is 1. The Labute approximate surface area is 144 Å². The molecule has 0 aliphatic carbocycles. The van der Waals surface area contributed by atoms with Gasteiger partial charge in [-0.2, -0.15) is 0 Å². The molecule has 25 heavy (non-hydrogen) atoms. The van der Waals surface area contributed by atoms with Crippen LogP contribution in [0.1, 0.15) is 15.9 Å². The molecule has 0 aliphatic rings. The van der Waals surface area contributed by atoms with Gasteiger partial charge in [0, 0.05) is 0 Å². The van der Waals surface area contributed by atoms with Crippen LogP contribution in [0.25, 0.3) is 10.8 Å². The molecule has 0 heterocycles. The van der Waals surface area contributed by atoms with Crippen LogP contribution in [0.5, 0.6) is 0 Å². The van der Waals surface area contributed by atoms with E-state index in [-0.39, 0.29) is 10.5 Å². The van der Waals surface area contributed by atoms with E-state index in [1.807, 2.05) is 22.4 Å². The van der Waals surface area contributed by atoms with Crippen LogP contribution in [-0.2, 0) is 10.0 Å². The van der Waals surface area contributed by atoms with Crippen molar-refractivity contribution in [3.8, 4) is 0 Å². The number of halogens is 1. The van der Waals surface area contributed by atoms with Crippen molar-refractivity contribution in [3.05, 3.63) is 77.6 Å². The molecule has 0 fully saturated rings. The van der Waals surface area contributed by atoms with Crippen molar-refractivity contribution in [1.29, 1.82) is 0 Å². The van der Waals surface area contributed by atoms with Gasteiger partial charge in [0.05, 0.1) is 10.5 Å². The van der Waals surface area contributed by atoms with Crippen LogP contribution in [-0.4, -0.2) is 14.3 Å². The molecule has 3 rings (SSSR count). The topological polar surface area (TPSA) is 75.3 Å². The van der Waals surface area contributed by atoms with Crippen molar-refractivity contribution < 1.29 is 17.6 Å². The number of hydrogen-bond acceptors (Lipinski definition) is 3. The van der Waals surface area contributed by atoms with Gasteiger partial charge in [-0.15, -0.1) is 4.83 Å². The maximum Gasteiger partial charge on any atom is 0.269 e. The maximum atomic E-state index is 13.9. The number of nitrogens with one attached hydrogen (secondary N) is 2. The Hall–Kier alpha value is -2.77. The van der Waals surface area contributed by atoms with E-state index < -0.39 is 21.7 Å². The number of carbonyl (C=O) groups is 1. The summed E-state index contributed by atoms with van der Waals surface area (Å²) in [6.45, 7) is 1.52. The van der Waals surface area contributed by atoms with Gasteiger partial charge < -0.3 is 0 Å². The van der Waals surface area contributed by atoms with Gasteiger partial charge in [-0.3, -0.25) is 10.2 Å². The second-order valence-corrected chi connectivity index (χ2v) is 7.19. The quantitative estimate of drug-likeness (QED) is 0.704. The lowest BCUT2D eigenvalue weighted by Gasteiger charge is -2.10. The summed E-state index contributed by atoms with van der Waals surface area (Å²) in [6, 6.07) is 16.2. The first-order chi connectivity index (χ1) is 11.9. The van der Waals surface area contributed by atoms with Crippen LogP contribution < -0.4 is 10.3 Å². The number of rotatable bonds is 4. The van der Waals surface area contributed by atoms with Gasteiger partial charge in [0.15, 0.2) is 0 Å². The zero-order valence-electron chi connectivity index (χ0n) is 13.3. The van der Waals surface area contributed by atoms with E-state index in [1.165, 1.54) is 37.3 Å². The molecule has 0 spiro atoms. The van der Waals surface area contributed by atoms with Gasteiger partial charge in [-0.25, -0.2) is 12.8 Å². The van der Waals surface area contributed by atoms with Gasteiger partial charge in [0.25, 0.3) is 15.9 Å². The van der Waals surface area contributed by atoms with Crippen LogP contribution in [0.2, 0.25) is 0 Å². The second-order valence-electron chi connectivity index (χ2n) is 5.51. The van der Waals surface area contributed by atoms with Gasteiger partial charge in [0.1, 0.15) is 5.82 Å². The average molecular weight is 358 g/mol. The summed E-state index contributed by atoms with van der Waals surface area (Å²) < 4.78 is 38.6. The Kier molecular flexibility index (Phi) is 4.52. The normalized spacial score (nSPS) is 11.4. The third-order valence-electron chi connectivity index (χ3n) is 3.77. The van der Waals surface area contributed by atoms with Crippen molar-refractivity contribution in [1.82, 2.24) is 10.3 Å². The first-order valence-corrected chi connectivity index (χ1v) is 8.93. The largest absolute Gasteiger partial charge is 0.273 e. The van der Waals surface area contributed by atoms with E-state index >= 15 is 0 Å². The lowest BCUT2D eigenvalue weighted by atomic mass is 10.1. The minimum atomic E-state index is -3.98. The van der Waals surface area contributed by atoms with Crippen LogP contribution in [0, 0.1) is 12.7 Å². The molecule has 0 aromatic heterocycles. The van der Waals surface area contributed by atoms with Crippen molar-refractivity contribution in [2.24, 2.45) is 0 Å². The lowest BCUT2D eigenvalue weighted by Crippen LogP contribution is -2.41. The molecule has 3 aromatic rings. The summed E-state index contributed by atoms with van der Waals surface area (Å²) in [5, 5.41) is 1.65. The van der Waals surface area contributed by atoms with E-state index in [2.05, 4.69) is 0 Å². The molecule has 7 heteroatoms. The number of hydrogen-bond donors (Lipinski definition) is 2. The van der Waals surface area contributed by atoms with Crippen LogP contribution in [0.4, 0.5) is 4.39 Å². The van der Waals surface area contributed by atoms with E-state index in [1.54, 1.807) is 18.2 Å².